The molecular formula is C13H10ClNO4. The molecule has 0 radical (unpaired) electrons. The van der Waals surface area contributed by atoms with Gasteiger partial charge in [-0.25, -0.2) is 0 Å². The van der Waals surface area contributed by atoms with Gasteiger partial charge in [0.05, 0.1) is 12.7 Å². The molecule has 0 amide bonds. The van der Waals surface area contributed by atoms with Gasteiger partial charge in [-0.1, -0.05) is 12.1 Å². The number of alkyl halides is 1. The molecule has 1 unspecified atom stereocenters. The summed E-state index contributed by atoms with van der Waals surface area (Å²) in [5, 5.41) is 10.0. The van der Waals surface area contributed by atoms with Gasteiger partial charge in [0.25, 0.3) is 0 Å². The number of rotatable bonds is 3. The highest BCUT2D eigenvalue weighted by atomic mass is 35.5. The van der Waals surface area contributed by atoms with Gasteiger partial charge in [0.2, 0.25) is 0 Å². The fourth-order valence-electron chi connectivity index (χ4n) is 2.10. The first kappa shape index (κ1) is 12.0. The monoisotopic (exact) mass is 279 g/mol. The van der Waals surface area contributed by atoms with Gasteiger partial charge in [0.1, 0.15) is 21.8 Å². The number of halogens is 1. The second kappa shape index (κ2) is 4.59. The third-order valence-corrected chi connectivity index (χ3v) is 3.52. The minimum Gasteiger partial charge on any atom is -0.493 e. The molecule has 6 heteroatoms. The van der Waals surface area contributed by atoms with Crippen molar-refractivity contribution in [3.8, 4) is 5.75 Å². The van der Waals surface area contributed by atoms with Crippen molar-refractivity contribution in [3.05, 3.63) is 57.3 Å². The van der Waals surface area contributed by atoms with E-state index < -0.39 is 10.3 Å². The van der Waals surface area contributed by atoms with Gasteiger partial charge in [-0.3, -0.25) is 10.1 Å². The molecule has 98 valence electrons. The largest absolute Gasteiger partial charge is 0.493 e. The van der Waals surface area contributed by atoms with Crippen molar-refractivity contribution in [2.75, 3.05) is 6.61 Å². The third kappa shape index (κ3) is 2.17. The topological polar surface area (TPSA) is 65.5 Å². The van der Waals surface area contributed by atoms with E-state index in [1.807, 2.05) is 18.2 Å². The van der Waals surface area contributed by atoms with Crippen molar-refractivity contribution in [1.82, 2.24) is 0 Å². The normalized spacial score (nSPS) is 14.8. The highest BCUT2D eigenvalue weighted by molar-refractivity contribution is 6.22. The number of hydrogen-bond acceptors (Lipinski definition) is 4. The molecule has 0 N–H and O–H groups in total. The minimum atomic E-state index is -0.580. The Hall–Kier alpha value is -2.01. The number of fused-ring (bicyclic) bond motifs is 1. The van der Waals surface area contributed by atoms with Gasteiger partial charge in [0, 0.05) is 6.42 Å². The van der Waals surface area contributed by atoms with Crippen molar-refractivity contribution < 1.29 is 14.1 Å². The number of nitrogens with zero attached hydrogens (tertiary/aromatic N) is 1. The standard InChI is InChI=1S/C13H10ClNO4/c14-13(11-3-4-12(19-11)15(16)17)9-1-2-10-8(7-9)5-6-18-10/h1-4,7,13H,5-6H2. The first-order valence-corrected chi connectivity index (χ1v) is 6.22. The number of furan rings is 1. The van der Waals surface area contributed by atoms with E-state index in [0.717, 1.165) is 23.3 Å². The van der Waals surface area contributed by atoms with Crippen LogP contribution in [0.3, 0.4) is 0 Å². The zero-order valence-electron chi connectivity index (χ0n) is 9.84. The van der Waals surface area contributed by atoms with Crippen molar-refractivity contribution >= 4 is 17.5 Å². The Kier molecular flexibility index (Phi) is 2.91. The van der Waals surface area contributed by atoms with Crippen LogP contribution in [0.1, 0.15) is 22.3 Å². The molecule has 0 saturated carbocycles. The lowest BCUT2D eigenvalue weighted by molar-refractivity contribution is -0.402. The Balaban J connectivity index is 1.90. The summed E-state index contributed by atoms with van der Waals surface area (Å²) in [7, 11) is 0. The molecule has 1 aromatic carbocycles. The van der Waals surface area contributed by atoms with E-state index in [2.05, 4.69) is 0 Å². The second-order valence-corrected chi connectivity index (χ2v) is 4.70. The van der Waals surface area contributed by atoms with E-state index in [0.29, 0.717) is 12.4 Å². The maximum atomic E-state index is 10.6. The predicted octanol–water partition coefficient (Wildman–Crippen LogP) is 3.45. The fourth-order valence-corrected chi connectivity index (χ4v) is 2.36. The van der Waals surface area contributed by atoms with Crippen molar-refractivity contribution in [2.24, 2.45) is 0 Å². The van der Waals surface area contributed by atoms with Crippen LogP contribution in [0.15, 0.2) is 34.7 Å². The van der Waals surface area contributed by atoms with Crippen LogP contribution in [0.25, 0.3) is 0 Å². The summed E-state index contributed by atoms with van der Waals surface area (Å²) >= 11 is 6.29. The Bertz CT molecular complexity index is 637. The molecule has 0 spiro atoms. The van der Waals surface area contributed by atoms with Crippen LogP contribution in [0, 0.1) is 10.1 Å². The van der Waals surface area contributed by atoms with Gasteiger partial charge in [-0.05, 0) is 23.3 Å². The summed E-state index contributed by atoms with van der Waals surface area (Å²) in [6, 6.07) is 8.50. The SMILES string of the molecule is O=[N+]([O-])c1ccc(C(Cl)c2ccc3c(c2)CCO3)o1. The van der Waals surface area contributed by atoms with Gasteiger partial charge in [-0.2, -0.15) is 0 Å². The van der Waals surface area contributed by atoms with Crippen LogP contribution >= 0.6 is 11.6 Å². The molecule has 0 bridgehead atoms. The van der Waals surface area contributed by atoms with Crippen LogP contribution in [0.2, 0.25) is 0 Å². The first-order chi connectivity index (χ1) is 9.15. The molecule has 1 aliphatic rings. The Morgan fingerprint density at radius 3 is 2.89 bits per heavy atom. The molecule has 2 aromatic rings. The van der Waals surface area contributed by atoms with Crippen LogP contribution in [-0.4, -0.2) is 11.5 Å². The van der Waals surface area contributed by atoms with Crippen LogP contribution in [0.5, 0.6) is 5.75 Å². The Labute approximate surface area is 113 Å². The number of ether oxygens (including phenoxy) is 1. The highest BCUT2D eigenvalue weighted by Crippen LogP contribution is 2.35. The molecule has 19 heavy (non-hydrogen) atoms. The summed E-state index contributed by atoms with van der Waals surface area (Å²) in [4.78, 5) is 10.00. The summed E-state index contributed by atoms with van der Waals surface area (Å²) in [6.07, 6.45) is 0.852. The quantitative estimate of drug-likeness (QED) is 0.490. The van der Waals surface area contributed by atoms with Crippen molar-refractivity contribution in [3.63, 3.8) is 0 Å². The fraction of sp³-hybridized carbons (Fsp3) is 0.231. The molecule has 1 atom stereocenters. The summed E-state index contributed by atoms with van der Waals surface area (Å²) in [6.45, 7) is 0.679. The highest BCUT2D eigenvalue weighted by Gasteiger charge is 2.21. The van der Waals surface area contributed by atoms with Crippen molar-refractivity contribution in [1.29, 1.82) is 0 Å². The summed E-state index contributed by atoms with van der Waals surface area (Å²) < 4.78 is 10.5. The Morgan fingerprint density at radius 2 is 2.16 bits per heavy atom. The number of benzene rings is 1. The Morgan fingerprint density at radius 1 is 1.32 bits per heavy atom. The van der Waals surface area contributed by atoms with E-state index in [1.165, 1.54) is 12.1 Å². The zero-order valence-corrected chi connectivity index (χ0v) is 10.6. The van der Waals surface area contributed by atoms with Crippen LogP contribution in [-0.2, 0) is 6.42 Å². The second-order valence-electron chi connectivity index (χ2n) is 4.26. The van der Waals surface area contributed by atoms with Gasteiger partial charge < -0.3 is 9.15 Å². The van der Waals surface area contributed by atoms with Crippen LogP contribution in [0.4, 0.5) is 5.88 Å². The molecule has 5 nitrogen and oxygen atoms in total. The van der Waals surface area contributed by atoms with Crippen molar-refractivity contribution in [2.45, 2.75) is 11.8 Å². The van der Waals surface area contributed by atoms with E-state index in [-0.39, 0.29) is 5.88 Å². The molecule has 2 heterocycles. The first-order valence-electron chi connectivity index (χ1n) is 5.79. The van der Waals surface area contributed by atoms with Crippen LogP contribution < -0.4 is 4.74 Å². The maximum absolute atomic E-state index is 10.6. The van der Waals surface area contributed by atoms with E-state index in [9.17, 15) is 10.1 Å². The van der Waals surface area contributed by atoms with E-state index in [1.54, 1.807) is 0 Å². The molecule has 0 fully saturated rings. The summed E-state index contributed by atoms with van der Waals surface area (Å²) in [5.74, 6) is 0.940. The van der Waals surface area contributed by atoms with E-state index >= 15 is 0 Å². The minimum absolute atomic E-state index is 0.301. The third-order valence-electron chi connectivity index (χ3n) is 3.05. The van der Waals surface area contributed by atoms with Gasteiger partial charge >= 0.3 is 5.88 Å². The van der Waals surface area contributed by atoms with Gasteiger partial charge in [0.15, 0.2) is 0 Å². The predicted molar refractivity (Wildman–Crippen MR) is 68.7 cm³/mol. The molecule has 1 aromatic heterocycles. The molecule has 1 aliphatic heterocycles. The van der Waals surface area contributed by atoms with Gasteiger partial charge in [-0.15, -0.1) is 11.6 Å². The summed E-state index contributed by atoms with van der Waals surface area (Å²) in [5.41, 5.74) is 1.94. The number of nitro groups is 1. The lowest BCUT2D eigenvalue weighted by Crippen LogP contribution is -1.92. The zero-order chi connectivity index (χ0) is 13.4. The maximum Gasteiger partial charge on any atom is 0.433 e. The average Bonchev–Trinajstić information content (AvgIpc) is 3.06. The lowest BCUT2D eigenvalue weighted by Gasteiger charge is -2.08. The molecule has 0 aliphatic carbocycles. The molecule has 0 saturated heterocycles. The molecular weight excluding hydrogens is 270 g/mol. The van der Waals surface area contributed by atoms with E-state index in [4.69, 9.17) is 20.8 Å². The lowest BCUT2D eigenvalue weighted by atomic mass is 10.0. The smallest absolute Gasteiger partial charge is 0.433 e. The number of hydrogen-bond donors (Lipinski definition) is 0. The molecule has 3 rings (SSSR count). The average molecular weight is 280 g/mol.